The molecular formula is C9H13N3O4S. The molecule has 0 unspecified atom stereocenters. The van der Waals surface area contributed by atoms with Crippen LogP contribution >= 0.6 is 0 Å². The molecule has 3 N–H and O–H groups in total. The molecule has 0 aliphatic carbocycles. The van der Waals surface area contributed by atoms with E-state index in [0.717, 1.165) is 0 Å². The van der Waals surface area contributed by atoms with Crippen LogP contribution < -0.4 is 10.5 Å². The van der Waals surface area contributed by atoms with Crippen LogP contribution in [0.4, 0.5) is 11.4 Å². The van der Waals surface area contributed by atoms with E-state index >= 15 is 0 Å². The normalized spacial score (nSPS) is 11.2. The zero-order valence-electron chi connectivity index (χ0n) is 9.21. The van der Waals surface area contributed by atoms with E-state index in [1.807, 2.05) is 0 Å². The maximum absolute atomic E-state index is 10.7. The highest BCUT2D eigenvalue weighted by Gasteiger charge is 2.11. The second-order valence-corrected chi connectivity index (χ2v) is 5.29. The van der Waals surface area contributed by atoms with E-state index in [0.29, 0.717) is 11.3 Å². The Labute approximate surface area is 98.8 Å². The molecule has 0 spiro atoms. The van der Waals surface area contributed by atoms with Crippen LogP contribution in [0.15, 0.2) is 18.2 Å². The van der Waals surface area contributed by atoms with Crippen molar-refractivity contribution in [3.63, 3.8) is 0 Å². The van der Waals surface area contributed by atoms with Crippen LogP contribution in [0.3, 0.4) is 0 Å². The van der Waals surface area contributed by atoms with E-state index in [-0.39, 0.29) is 18.0 Å². The minimum Gasteiger partial charge on any atom is -0.384 e. The van der Waals surface area contributed by atoms with E-state index in [1.54, 1.807) is 19.1 Å². The number of nitro groups is 1. The lowest BCUT2D eigenvalue weighted by molar-refractivity contribution is -0.385. The topological polar surface area (TPSA) is 115 Å². The minimum atomic E-state index is -3.53. The molecule has 17 heavy (non-hydrogen) atoms. The van der Waals surface area contributed by atoms with Crippen molar-refractivity contribution in [2.45, 2.75) is 6.92 Å². The molecule has 0 aliphatic heterocycles. The number of primary sulfonamides is 1. The van der Waals surface area contributed by atoms with Crippen LogP contribution in [0.2, 0.25) is 0 Å². The molecule has 0 atom stereocenters. The number of anilines is 1. The van der Waals surface area contributed by atoms with Gasteiger partial charge < -0.3 is 5.32 Å². The van der Waals surface area contributed by atoms with Gasteiger partial charge in [0.2, 0.25) is 10.0 Å². The molecule has 94 valence electrons. The molecule has 0 aliphatic rings. The first-order valence-electron chi connectivity index (χ1n) is 4.79. The number of rotatable bonds is 5. The fraction of sp³-hybridized carbons (Fsp3) is 0.333. The van der Waals surface area contributed by atoms with Gasteiger partial charge in [-0.3, -0.25) is 10.1 Å². The zero-order valence-corrected chi connectivity index (χ0v) is 10.0. The predicted octanol–water partition coefficient (Wildman–Crippen LogP) is 0.604. The number of nitrogens with two attached hydrogens (primary N) is 1. The second kappa shape index (κ2) is 5.11. The van der Waals surface area contributed by atoms with Crippen molar-refractivity contribution in [3.8, 4) is 0 Å². The van der Waals surface area contributed by atoms with Crippen molar-refractivity contribution in [1.29, 1.82) is 0 Å². The van der Waals surface area contributed by atoms with Crippen LogP contribution in [0.1, 0.15) is 5.56 Å². The molecule has 8 heteroatoms. The second-order valence-electron chi connectivity index (χ2n) is 3.55. The van der Waals surface area contributed by atoms with E-state index in [4.69, 9.17) is 5.14 Å². The fourth-order valence-electron chi connectivity index (χ4n) is 1.25. The highest BCUT2D eigenvalue weighted by molar-refractivity contribution is 7.89. The summed E-state index contributed by atoms with van der Waals surface area (Å²) >= 11 is 0. The quantitative estimate of drug-likeness (QED) is 0.593. The summed E-state index contributed by atoms with van der Waals surface area (Å²) in [6, 6.07) is 4.60. The molecule has 0 bridgehead atoms. The molecule has 0 heterocycles. The summed E-state index contributed by atoms with van der Waals surface area (Å²) in [6.45, 7) is 1.74. The number of sulfonamides is 1. The van der Waals surface area contributed by atoms with E-state index in [2.05, 4.69) is 5.32 Å². The summed E-state index contributed by atoms with van der Waals surface area (Å²) in [4.78, 5) is 10.2. The Morgan fingerprint density at radius 2 is 2.12 bits per heavy atom. The number of hydrogen-bond donors (Lipinski definition) is 2. The molecule has 1 aromatic carbocycles. The number of nitrogens with zero attached hydrogens (tertiary/aromatic N) is 1. The van der Waals surface area contributed by atoms with Crippen molar-refractivity contribution < 1.29 is 13.3 Å². The summed E-state index contributed by atoms with van der Waals surface area (Å²) < 4.78 is 21.4. The molecule has 0 amide bonds. The van der Waals surface area contributed by atoms with Gasteiger partial charge in [0.05, 0.1) is 10.7 Å². The number of aryl methyl sites for hydroxylation is 1. The van der Waals surface area contributed by atoms with Crippen molar-refractivity contribution >= 4 is 21.4 Å². The molecule has 0 saturated carbocycles. The molecule has 1 rings (SSSR count). The van der Waals surface area contributed by atoms with Gasteiger partial charge in [0.15, 0.2) is 0 Å². The summed E-state index contributed by atoms with van der Waals surface area (Å²) in [5.74, 6) is -0.228. The van der Waals surface area contributed by atoms with E-state index in [9.17, 15) is 18.5 Å². The lowest BCUT2D eigenvalue weighted by Gasteiger charge is -2.06. The molecule has 0 fully saturated rings. The third-order valence-corrected chi connectivity index (χ3v) is 2.89. The lowest BCUT2D eigenvalue weighted by atomic mass is 10.2. The summed E-state index contributed by atoms with van der Waals surface area (Å²) in [6.07, 6.45) is 0. The predicted molar refractivity (Wildman–Crippen MR) is 64.3 cm³/mol. The number of hydrogen-bond acceptors (Lipinski definition) is 5. The molecule has 0 saturated heterocycles. The smallest absolute Gasteiger partial charge is 0.274 e. The fourth-order valence-corrected chi connectivity index (χ4v) is 1.64. The van der Waals surface area contributed by atoms with Gasteiger partial charge in [0.1, 0.15) is 0 Å². The lowest BCUT2D eigenvalue weighted by Crippen LogP contribution is -2.22. The van der Waals surface area contributed by atoms with Crippen molar-refractivity contribution in [2.75, 3.05) is 17.6 Å². The van der Waals surface area contributed by atoms with Gasteiger partial charge in [-0.1, -0.05) is 6.07 Å². The standard InChI is InChI=1S/C9H13N3O4S/c1-7-2-3-8(6-9(7)12(13)14)11-4-5-17(10,15)16/h2-3,6,11H,4-5H2,1H3,(H2,10,15,16). The molecule has 0 aromatic heterocycles. The monoisotopic (exact) mass is 259 g/mol. The third kappa shape index (κ3) is 4.37. The van der Waals surface area contributed by atoms with Gasteiger partial charge in [-0.15, -0.1) is 0 Å². The van der Waals surface area contributed by atoms with Crippen molar-refractivity contribution in [2.24, 2.45) is 5.14 Å². The van der Waals surface area contributed by atoms with E-state index < -0.39 is 14.9 Å². The average molecular weight is 259 g/mol. The number of nitrogens with one attached hydrogen (secondary N) is 1. The molecular weight excluding hydrogens is 246 g/mol. The largest absolute Gasteiger partial charge is 0.384 e. The zero-order chi connectivity index (χ0) is 13.1. The third-order valence-electron chi connectivity index (χ3n) is 2.12. The Morgan fingerprint density at radius 3 is 2.65 bits per heavy atom. The average Bonchev–Trinajstić information content (AvgIpc) is 2.18. The van der Waals surface area contributed by atoms with Gasteiger partial charge in [-0.2, -0.15) is 0 Å². The van der Waals surface area contributed by atoms with Crippen LogP contribution in [0.5, 0.6) is 0 Å². The first kappa shape index (κ1) is 13.4. The highest BCUT2D eigenvalue weighted by Crippen LogP contribution is 2.21. The highest BCUT2D eigenvalue weighted by atomic mass is 32.2. The summed E-state index contributed by atoms with van der Waals surface area (Å²) in [7, 11) is -3.53. The van der Waals surface area contributed by atoms with Crippen molar-refractivity contribution in [3.05, 3.63) is 33.9 Å². The first-order valence-corrected chi connectivity index (χ1v) is 6.50. The Balaban J connectivity index is 2.73. The van der Waals surface area contributed by atoms with Gasteiger partial charge in [0.25, 0.3) is 5.69 Å². The maximum atomic E-state index is 10.7. The minimum absolute atomic E-state index is 0.00870. The molecule has 0 radical (unpaired) electrons. The van der Waals surface area contributed by atoms with E-state index in [1.165, 1.54) is 6.07 Å². The van der Waals surface area contributed by atoms with Crippen LogP contribution in [0.25, 0.3) is 0 Å². The van der Waals surface area contributed by atoms with Gasteiger partial charge in [-0.05, 0) is 13.0 Å². The summed E-state index contributed by atoms with van der Waals surface area (Å²) in [5.41, 5.74) is 1.03. The number of nitro benzene ring substituents is 1. The Kier molecular flexibility index (Phi) is 4.02. The van der Waals surface area contributed by atoms with Gasteiger partial charge in [-0.25, -0.2) is 13.6 Å². The SMILES string of the molecule is Cc1ccc(NCCS(N)(=O)=O)cc1[N+](=O)[O-]. The molecule has 7 nitrogen and oxygen atoms in total. The van der Waals surface area contributed by atoms with Crippen molar-refractivity contribution in [1.82, 2.24) is 0 Å². The summed E-state index contributed by atoms with van der Waals surface area (Å²) in [5, 5.41) is 18.3. The Morgan fingerprint density at radius 1 is 1.47 bits per heavy atom. The Hall–Kier alpha value is -1.67. The van der Waals surface area contributed by atoms with Crippen LogP contribution in [-0.4, -0.2) is 25.6 Å². The first-order chi connectivity index (χ1) is 7.79. The molecule has 1 aromatic rings. The van der Waals surface area contributed by atoms with Gasteiger partial charge >= 0.3 is 0 Å². The van der Waals surface area contributed by atoms with Crippen LogP contribution in [0, 0.1) is 17.0 Å². The maximum Gasteiger partial charge on any atom is 0.274 e. The van der Waals surface area contributed by atoms with Gasteiger partial charge in [0, 0.05) is 23.9 Å². The Bertz CT molecular complexity index is 527. The van der Waals surface area contributed by atoms with Crippen LogP contribution in [-0.2, 0) is 10.0 Å². The number of benzene rings is 1.